The maximum absolute atomic E-state index is 13.3. The second-order valence-electron chi connectivity index (χ2n) is 8.02. The van der Waals surface area contributed by atoms with Crippen LogP contribution in [-0.4, -0.2) is 37.1 Å². The predicted molar refractivity (Wildman–Crippen MR) is 132 cm³/mol. The van der Waals surface area contributed by atoms with E-state index in [1.807, 2.05) is 79.1 Å². The maximum atomic E-state index is 13.3. The van der Waals surface area contributed by atoms with Gasteiger partial charge in [0, 0.05) is 17.1 Å². The number of rotatable bonds is 6. The van der Waals surface area contributed by atoms with Gasteiger partial charge in [-0.2, -0.15) is 5.10 Å². The van der Waals surface area contributed by atoms with Crippen molar-refractivity contribution in [2.24, 2.45) is 5.10 Å². The highest BCUT2D eigenvalue weighted by atomic mass is 35.5. The molecule has 4 aromatic rings. The summed E-state index contributed by atoms with van der Waals surface area (Å²) in [5, 5.41) is 16.0. The highest BCUT2D eigenvalue weighted by Gasteiger charge is 2.35. The number of carbonyl (C=O) groups excluding carboxylic acids is 1. The van der Waals surface area contributed by atoms with Crippen LogP contribution in [0.4, 0.5) is 0 Å². The lowest BCUT2D eigenvalue weighted by Gasteiger charge is -2.19. The van der Waals surface area contributed by atoms with Gasteiger partial charge in [-0.15, -0.1) is 10.2 Å². The zero-order valence-corrected chi connectivity index (χ0v) is 20.3. The van der Waals surface area contributed by atoms with Crippen molar-refractivity contribution in [1.29, 1.82) is 0 Å². The number of hydrogen-bond donors (Lipinski definition) is 0. The van der Waals surface area contributed by atoms with E-state index in [0.717, 1.165) is 22.8 Å². The van der Waals surface area contributed by atoms with E-state index in [9.17, 15) is 4.79 Å². The van der Waals surface area contributed by atoms with Gasteiger partial charge in [-0.25, -0.2) is 5.01 Å². The van der Waals surface area contributed by atoms with E-state index in [0.29, 0.717) is 22.4 Å². The largest absolute Gasteiger partial charge is 0.467 e. The van der Waals surface area contributed by atoms with Crippen LogP contribution in [0.1, 0.15) is 35.2 Å². The Morgan fingerprint density at radius 1 is 1.09 bits per heavy atom. The van der Waals surface area contributed by atoms with Crippen LogP contribution in [-0.2, 0) is 4.79 Å². The lowest BCUT2D eigenvalue weighted by Crippen LogP contribution is -2.28. The highest BCUT2D eigenvalue weighted by molar-refractivity contribution is 7.99. The molecule has 3 heterocycles. The first kappa shape index (κ1) is 22.4. The van der Waals surface area contributed by atoms with Crippen molar-refractivity contribution in [1.82, 2.24) is 19.8 Å². The van der Waals surface area contributed by atoms with Crippen LogP contribution in [0.25, 0.3) is 5.69 Å². The molecular formula is C25H22ClN5O2S. The molecule has 0 fully saturated rings. The van der Waals surface area contributed by atoms with Crippen LogP contribution in [0.3, 0.4) is 0 Å². The summed E-state index contributed by atoms with van der Waals surface area (Å²) in [4.78, 5) is 13.3. The van der Waals surface area contributed by atoms with Crippen LogP contribution < -0.4 is 0 Å². The Morgan fingerprint density at radius 3 is 2.56 bits per heavy atom. The molecule has 1 amide bonds. The standard InChI is InChI=1S/C25H22ClN5O2S/c1-16-5-11-20(12-6-16)30-17(2)27-28-25(30)34-15-24(32)31-22(23-4-3-13-33-23)14-21(29-31)18-7-9-19(26)10-8-18/h3-13,22H,14-15H2,1-2H3. The van der Waals surface area contributed by atoms with E-state index in [4.69, 9.17) is 16.0 Å². The van der Waals surface area contributed by atoms with Crippen molar-refractivity contribution in [3.8, 4) is 5.69 Å². The highest BCUT2D eigenvalue weighted by Crippen LogP contribution is 2.34. The lowest BCUT2D eigenvalue weighted by molar-refractivity contribution is -0.130. The molecule has 2 aromatic heterocycles. The minimum Gasteiger partial charge on any atom is -0.467 e. The second kappa shape index (κ2) is 9.48. The molecule has 2 aromatic carbocycles. The summed E-state index contributed by atoms with van der Waals surface area (Å²) in [5.74, 6) is 1.49. The van der Waals surface area contributed by atoms with Crippen LogP contribution in [0.15, 0.2) is 81.6 Å². The van der Waals surface area contributed by atoms with Crippen LogP contribution in [0.5, 0.6) is 0 Å². The number of benzene rings is 2. The second-order valence-corrected chi connectivity index (χ2v) is 9.40. The summed E-state index contributed by atoms with van der Waals surface area (Å²) < 4.78 is 7.58. The van der Waals surface area contributed by atoms with Crippen molar-refractivity contribution < 1.29 is 9.21 Å². The summed E-state index contributed by atoms with van der Waals surface area (Å²) in [5.41, 5.74) is 3.88. The van der Waals surface area contributed by atoms with Crippen molar-refractivity contribution in [3.05, 3.63) is 94.7 Å². The Balaban J connectivity index is 1.38. The number of nitrogens with zero attached hydrogens (tertiary/aromatic N) is 5. The van der Waals surface area contributed by atoms with Gasteiger partial charge in [0.05, 0.1) is 17.7 Å². The van der Waals surface area contributed by atoms with E-state index in [1.54, 1.807) is 6.26 Å². The van der Waals surface area contributed by atoms with Crippen LogP contribution in [0.2, 0.25) is 5.02 Å². The van der Waals surface area contributed by atoms with Gasteiger partial charge in [0.2, 0.25) is 0 Å². The normalized spacial score (nSPS) is 15.6. The Hall–Kier alpha value is -3.36. The van der Waals surface area contributed by atoms with Gasteiger partial charge in [-0.05, 0) is 55.8 Å². The summed E-state index contributed by atoms with van der Waals surface area (Å²) >= 11 is 7.38. The molecule has 0 aliphatic carbocycles. The topological polar surface area (TPSA) is 76.5 Å². The third-order valence-corrected chi connectivity index (χ3v) is 6.79. The zero-order chi connectivity index (χ0) is 23.7. The summed E-state index contributed by atoms with van der Waals surface area (Å²) in [6.45, 7) is 3.94. The first-order valence-corrected chi connectivity index (χ1v) is 12.2. The maximum Gasteiger partial charge on any atom is 0.253 e. The van der Waals surface area contributed by atoms with E-state index < -0.39 is 0 Å². The number of thioether (sulfide) groups is 1. The molecule has 5 rings (SSSR count). The first-order chi connectivity index (χ1) is 16.5. The Bertz CT molecular complexity index is 1330. The molecule has 0 saturated carbocycles. The number of hydrogen-bond acceptors (Lipinski definition) is 6. The summed E-state index contributed by atoms with van der Waals surface area (Å²) in [6, 6.07) is 19.0. The Morgan fingerprint density at radius 2 is 1.85 bits per heavy atom. The average molecular weight is 492 g/mol. The van der Waals surface area contributed by atoms with Crippen LogP contribution >= 0.6 is 23.4 Å². The number of hydrazone groups is 1. The minimum atomic E-state index is -0.300. The van der Waals surface area contributed by atoms with Crippen molar-refractivity contribution in [2.75, 3.05) is 5.75 Å². The SMILES string of the molecule is Cc1ccc(-n2c(C)nnc2SCC(=O)N2N=C(c3ccc(Cl)cc3)CC2c2ccco2)cc1. The number of aryl methyl sites for hydroxylation is 2. The van der Waals surface area contributed by atoms with Gasteiger partial charge in [-0.1, -0.05) is 53.2 Å². The van der Waals surface area contributed by atoms with E-state index in [2.05, 4.69) is 15.3 Å². The lowest BCUT2D eigenvalue weighted by atomic mass is 10.0. The fourth-order valence-corrected chi connectivity index (χ4v) is 4.86. The van der Waals surface area contributed by atoms with Crippen molar-refractivity contribution >= 4 is 35.0 Å². The van der Waals surface area contributed by atoms with Crippen LogP contribution in [0, 0.1) is 13.8 Å². The minimum absolute atomic E-state index is 0.133. The average Bonchev–Trinajstić information content (AvgIpc) is 3.58. The molecule has 1 atom stereocenters. The summed E-state index contributed by atoms with van der Waals surface area (Å²) in [6.07, 6.45) is 2.17. The zero-order valence-electron chi connectivity index (χ0n) is 18.7. The number of carbonyl (C=O) groups is 1. The van der Waals surface area contributed by atoms with Crippen molar-refractivity contribution in [3.63, 3.8) is 0 Å². The quantitative estimate of drug-likeness (QED) is 0.328. The summed E-state index contributed by atoms with van der Waals surface area (Å²) in [7, 11) is 0. The van der Waals surface area contributed by atoms with Gasteiger partial charge in [0.25, 0.3) is 5.91 Å². The van der Waals surface area contributed by atoms with Gasteiger partial charge in [-0.3, -0.25) is 9.36 Å². The monoisotopic (exact) mass is 491 g/mol. The van der Waals surface area contributed by atoms with Gasteiger partial charge < -0.3 is 4.42 Å². The Labute approximate surface area is 206 Å². The first-order valence-electron chi connectivity index (χ1n) is 10.8. The molecule has 1 unspecified atom stereocenters. The molecule has 172 valence electrons. The number of amides is 1. The molecule has 0 bridgehead atoms. The molecular weight excluding hydrogens is 470 g/mol. The number of furan rings is 1. The fourth-order valence-electron chi connectivity index (χ4n) is 3.88. The molecule has 0 spiro atoms. The van der Waals surface area contributed by atoms with E-state index in [1.165, 1.54) is 22.3 Å². The molecule has 0 saturated heterocycles. The van der Waals surface area contributed by atoms with E-state index in [-0.39, 0.29) is 17.7 Å². The Kier molecular flexibility index (Phi) is 6.26. The molecule has 1 aliphatic heterocycles. The molecule has 34 heavy (non-hydrogen) atoms. The van der Waals surface area contributed by atoms with Gasteiger partial charge >= 0.3 is 0 Å². The fraction of sp³-hybridized carbons (Fsp3) is 0.200. The van der Waals surface area contributed by atoms with E-state index >= 15 is 0 Å². The predicted octanol–water partition coefficient (Wildman–Crippen LogP) is 5.60. The molecule has 7 nitrogen and oxygen atoms in total. The molecule has 0 N–H and O–H groups in total. The molecule has 1 aliphatic rings. The third kappa shape index (κ3) is 4.51. The third-order valence-electron chi connectivity index (χ3n) is 5.63. The van der Waals surface area contributed by atoms with Crippen molar-refractivity contribution in [2.45, 2.75) is 31.5 Å². The van der Waals surface area contributed by atoms with Gasteiger partial charge in [0.15, 0.2) is 5.16 Å². The smallest absolute Gasteiger partial charge is 0.253 e. The number of halogens is 1. The van der Waals surface area contributed by atoms with Gasteiger partial charge in [0.1, 0.15) is 17.6 Å². The molecule has 9 heteroatoms. The number of aromatic nitrogens is 3. The molecule has 0 radical (unpaired) electrons.